The fourth-order valence-electron chi connectivity index (χ4n) is 2.53. The molecule has 4 rings (SSSR count). The largest absolute Gasteiger partial charge is 0.134 e. The minimum atomic E-state index is 1.19. The van der Waals surface area contributed by atoms with E-state index in [-0.39, 0.29) is 0 Å². The van der Waals surface area contributed by atoms with E-state index in [9.17, 15) is 0 Å². The van der Waals surface area contributed by atoms with Gasteiger partial charge in [-0.3, -0.25) is 0 Å². The van der Waals surface area contributed by atoms with Crippen LogP contribution in [-0.2, 0) is 0 Å². The molecule has 0 bridgehead atoms. The number of thiophene rings is 1. The Labute approximate surface area is 117 Å². The van der Waals surface area contributed by atoms with Gasteiger partial charge in [-0.05, 0) is 38.8 Å². The van der Waals surface area contributed by atoms with E-state index in [1.165, 1.54) is 35.4 Å². The summed E-state index contributed by atoms with van der Waals surface area (Å²) >= 11 is 5.56. The van der Waals surface area contributed by atoms with Crippen molar-refractivity contribution < 1.29 is 0 Å². The van der Waals surface area contributed by atoms with E-state index in [1.807, 2.05) is 11.3 Å². The van der Waals surface area contributed by atoms with Crippen LogP contribution in [0.5, 0.6) is 0 Å². The Morgan fingerprint density at radius 1 is 0.833 bits per heavy atom. The van der Waals surface area contributed by atoms with Gasteiger partial charge in [0.05, 0.1) is 4.70 Å². The maximum absolute atomic E-state index is 3.71. The summed E-state index contributed by atoms with van der Waals surface area (Å²) in [6.07, 6.45) is 0. The van der Waals surface area contributed by atoms with Gasteiger partial charge in [0.1, 0.15) is 0 Å². The molecule has 18 heavy (non-hydrogen) atoms. The van der Waals surface area contributed by atoms with Crippen LogP contribution < -0.4 is 0 Å². The summed E-state index contributed by atoms with van der Waals surface area (Å²) in [7, 11) is 0. The van der Waals surface area contributed by atoms with Gasteiger partial charge in [0.15, 0.2) is 0 Å². The van der Waals surface area contributed by atoms with Gasteiger partial charge in [-0.25, -0.2) is 0 Å². The van der Waals surface area contributed by atoms with Crippen LogP contribution in [0.2, 0.25) is 0 Å². The van der Waals surface area contributed by atoms with Gasteiger partial charge >= 0.3 is 0 Å². The predicted octanol–water partition coefficient (Wildman–Crippen LogP) is 5.97. The fraction of sp³-hybridized carbons (Fsp3) is 0. The number of hydrogen-bond acceptors (Lipinski definition) is 1. The Kier molecular flexibility index (Phi) is 2.23. The molecule has 0 aliphatic carbocycles. The van der Waals surface area contributed by atoms with Gasteiger partial charge in [0.25, 0.3) is 0 Å². The van der Waals surface area contributed by atoms with Crippen molar-refractivity contribution in [2.75, 3.05) is 0 Å². The van der Waals surface area contributed by atoms with E-state index < -0.39 is 0 Å². The monoisotopic (exact) mass is 312 g/mol. The Morgan fingerprint density at radius 2 is 1.56 bits per heavy atom. The summed E-state index contributed by atoms with van der Waals surface area (Å²) in [5, 5.41) is 5.36. The molecule has 2 heteroatoms. The first kappa shape index (κ1) is 10.5. The molecule has 86 valence electrons. The molecule has 0 saturated heterocycles. The first-order valence-corrected chi connectivity index (χ1v) is 7.44. The van der Waals surface area contributed by atoms with Gasteiger partial charge in [0.2, 0.25) is 0 Å². The number of fused-ring (bicyclic) bond motifs is 5. The molecule has 0 fully saturated rings. The maximum Gasteiger partial charge on any atom is 0.0503 e. The highest BCUT2D eigenvalue weighted by Crippen LogP contribution is 2.42. The second-order valence-electron chi connectivity index (χ2n) is 4.38. The average molecular weight is 313 g/mol. The van der Waals surface area contributed by atoms with Crippen molar-refractivity contribution in [2.24, 2.45) is 0 Å². The van der Waals surface area contributed by atoms with Crippen molar-refractivity contribution in [3.8, 4) is 0 Å². The molecule has 0 N–H and O–H groups in total. The molecule has 0 aliphatic rings. The molecule has 1 heterocycles. The summed E-state index contributed by atoms with van der Waals surface area (Å²) in [5.41, 5.74) is 0. The lowest BCUT2D eigenvalue weighted by atomic mass is 10.0. The third-order valence-electron chi connectivity index (χ3n) is 3.32. The molecule has 1 aromatic heterocycles. The normalized spacial score (nSPS) is 11.6. The molecular formula is C16H9BrS. The van der Waals surface area contributed by atoms with Crippen molar-refractivity contribution in [1.82, 2.24) is 0 Å². The highest BCUT2D eigenvalue weighted by atomic mass is 79.9. The number of rotatable bonds is 0. The first-order valence-electron chi connectivity index (χ1n) is 5.83. The van der Waals surface area contributed by atoms with Crippen LogP contribution in [0, 0.1) is 0 Å². The van der Waals surface area contributed by atoms with Gasteiger partial charge in [-0.1, -0.05) is 42.5 Å². The molecule has 3 aromatic carbocycles. The van der Waals surface area contributed by atoms with E-state index in [0.29, 0.717) is 0 Å². The lowest BCUT2D eigenvalue weighted by molar-refractivity contribution is 1.79. The van der Waals surface area contributed by atoms with Gasteiger partial charge in [-0.2, -0.15) is 0 Å². The number of hydrogen-bond donors (Lipinski definition) is 0. The zero-order valence-corrected chi connectivity index (χ0v) is 11.9. The number of benzene rings is 3. The summed E-state index contributed by atoms with van der Waals surface area (Å²) in [6.45, 7) is 0. The molecule has 0 amide bonds. The first-order chi connectivity index (χ1) is 8.84. The maximum atomic E-state index is 3.71. The van der Waals surface area contributed by atoms with E-state index in [1.54, 1.807) is 0 Å². The summed E-state index contributed by atoms with van der Waals surface area (Å²) in [4.78, 5) is 0. The SMILES string of the molecule is Brc1cc2ccccc2c2c1sc1ccccc12. The zero-order valence-electron chi connectivity index (χ0n) is 9.48. The Morgan fingerprint density at radius 3 is 2.44 bits per heavy atom. The van der Waals surface area contributed by atoms with E-state index in [2.05, 4.69) is 70.5 Å². The van der Waals surface area contributed by atoms with Crippen LogP contribution in [-0.4, -0.2) is 0 Å². The van der Waals surface area contributed by atoms with Crippen LogP contribution in [0.25, 0.3) is 30.9 Å². The van der Waals surface area contributed by atoms with Crippen molar-refractivity contribution in [3.05, 3.63) is 59.1 Å². The molecule has 4 aromatic rings. The van der Waals surface area contributed by atoms with Crippen LogP contribution >= 0.6 is 27.3 Å². The van der Waals surface area contributed by atoms with E-state index in [4.69, 9.17) is 0 Å². The Bertz CT molecular complexity index is 889. The fourth-order valence-corrected chi connectivity index (χ4v) is 4.35. The number of halogens is 1. The second kappa shape index (κ2) is 3.81. The summed E-state index contributed by atoms with van der Waals surface area (Å²) in [5.74, 6) is 0. The smallest absolute Gasteiger partial charge is 0.0503 e. The quantitative estimate of drug-likeness (QED) is 0.375. The van der Waals surface area contributed by atoms with Crippen LogP contribution in [0.4, 0.5) is 0 Å². The molecular weight excluding hydrogens is 304 g/mol. The van der Waals surface area contributed by atoms with Crippen LogP contribution in [0.1, 0.15) is 0 Å². The molecule has 0 aliphatic heterocycles. The highest BCUT2D eigenvalue weighted by Gasteiger charge is 2.10. The van der Waals surface area contributed by atoms with Crippen LogP contribution in [0.3, 0.4) is 0 Å². The van der Waals surface area contributed by atoms with E-state index in [0.717, 1.165) is 0 Å². The van der Waals surface area contributed by atoms with Crippen molar-refractivity contribution in [3.63, 3.8) is 0 Å². The summed E-state index contributed by atoms with van der Waals surface area (Å²) in [6, 6.07) is 19.4. The molecule has 0 spiro atoms. The third kappa shape index (κ3) is 1.36. The highest BCUT2D eigenvalue weighted by molar-refractivity contribution is 9.10. The topological polar surface area (TPSA) is 0 Å². The third-order valence-corrected chi connectivity index (χ3v) is 5.42. The van der Waals surface area contributed by atoms with Gasteiger partial charge in [0, 0.05) is 19.9 Å². The molecule has 0 atom stereocenters. The predicted molar refractivity (Wildman–Crippen MR) is 84.5 cm³/mol. The molecule has 0 nitrogen and oxygen atoms in total. The van der Waals surface area contributed by atoms with Crippen molar-refractivity contribution in [1.29, 1.82) is 0 Å². The Balaban J connectivity index is 2.41. The zero-order chi connectivity index (χ0) is 12.1. The van der Waals surface area contributed by atoms with Gasteiger partial charge < -0.3 is 0 Å². The molecule has 0 saturated carbocycles. The minimum absolute atomic E-state index is 1.19. The van der Waals surface area contributed by atoms with Crippen molar-refractivity contribution in [2.45, 2.75) is 0 Å². The molecule has 0 unspecified atom stereocenters. The van der Waals surface area contributed by atoms with Crippen molar-refractivity contribution >= 4 is 58.2 Å². The molecule has 0 radical (unpaired) electrons. The average Bonchev–Trinajstić information content (AvgIpc) is 2.79. The lowest BCUT2D eigenvalue weighted by Gasteiger charge is -2.02. The second-order valence-corrected chi connectivity index (χ2v) is 6.29. The Hall–Kier alpha value is -1.38. The van der Waals surface area contributed by atoms with Gasteiger partial charge in [-0.15, -0.1) is 11.3 Å². The lowest BCUT2D eigenvalue weighted by Crippen LogP contribution is -1.75. The minimum Gasteiger partial charge on any atom is -0.134 e. The van der Waals surface area contributed by atoms with E-state index >= 15 is 0 Å². The summed E-state index contributed by atoms with van der Waals surface area (Å²) < 4.78 is 3.89. The van der Waals surface area contributed by atoms with Crippen LogP contribution in [0.15, 0.2) is 59.1 Å². The standard InChI is InChI=1S/C16H9BrS/c17-13-9-10-5-1-2-6-11(10)15-12-7-3-4-8-14(12)18-16(13)15/h1-9H.